The first-order valence-electron chi connectivity index (χ1n) is 10.4. The van der Waals surface area contributed by atoms with Crippen LogP contribution < -0.4 is 10.9 Å². The molecule has 0 fully saturated rings. The monoisotopic (exact) mass is 484 g/mol. The molecule has 0 radical (unpaired) electrons. The number of carbonyl (C=O) groups excluding carboxylic acids is 2. The normalized spacial score (nSPS) is 12.6. The van der Waals surface area contributed by atoms with Crippen molar-refractivity contribution in [2.24, 2.45) is 0 Å². The van der Waals surface area contributed by atoms with E-state index in [4.69, 9.17) is 4.42 Å². The summed E-state index contributed by atoms with van der Waals surface area (Å²) < 4.78 is 60.6. The van der Waals surface area contributed by atoms with E-state index >= 15 is 0 Å². The first-order valence-corrected chi connectivity index (χ1v) is 10.4. The molecule has 178 valence electrons. The molecule has 0 atom stereocenters. The molecule has 35 heavy (non-hydrogen) atoms. The number of hydrogen-bond donors (Lipinski definition) is 2. The fraction of sp³-hybridized carbons (Fsp3) is 0.125. The number of halogens is 4. The predicted octanol–water partition coefficient (Wildman–Crippen LogP) is 4.46. The molecule has 0 bridgehead atoms. The number of furan rings is 1. The molecule has 0 saturated carbocycles. The summed E-state index contributed by atoms with van der Waals surface area (Å²) >= 11 is 0. The lowest BCUT2D eigenvalue weighted by molar-refractivity contribution is -0.142. The van der Waals surface area contributed by atoms with E-state index < -0.39 is 29.5 Å². The minimum absolute atomic E-state index is 0.0942. The molecule has 0 spiro atoms. The van der Waals surface area contributed by atoms with E-state index in [1.54, 1.807) is 6.07 Å². The van der Waals surface area contributed by atoms with Crippen LogP contribution in [0.5, 0.6) is 0 Å². The summed E-state index contributed by atoms with van der Waals surface area (Å²) in [4.78, 5) is 24.5. The van der Waals surface area contributed by atoms with Crippen LogP contribution >= 0.6 is 0 Å². The Labute approximate surface area is 195 Å². The summed E-state index contributed by atoms with van der Waals surface area (Å²) in [6.45, 7) is 0. The molecular weight excluding hydrogens is 468 g/mol. The number of alkyl halides is 3. The highest BCUT2D eigenvalue weighted by atomic mass is 19.4. The summed E-state index contributed by atoms with van der Waals surface area (Å²) in [5.41, 5.74) is 5.05. The zero-order chi connectivity index (χ0) is 24.7. The average molecular weight is 484 g/mol. The van der Waals surface area contributed by atoms with Gasteiger partial charge in [0.1, 0.15) is 11.6 Å². The molecule has 1 aliphatic carbocycles. The lowest BCUT2D eigenvalue weighted by atomic mass is 9.94. The largest absolute Gasteiger partial charge is 0.469 e. The van der Waals surface area contributed by atoms with Gasteiger partial charge in [-0.15, -0.1) is 0 Å². The van der Waals surface area contributed by atoms with Crippen molar-refractivity contribution in [3.05, 3.63) is 94.8 Å². The molecule has 7 nitrogen and oxygen atoms in total. The average Bonchev–Trinajstić information content (AvgIpc) is 3.47. The smallest absolute Gasteiger partial charge is 0.435 e. The Morgan fingerprint density at radius 3 is 2.09 bits per heavy atom. The van der Waals surface area contributed by atoms with Gasteiger partial charge in [-0.2, -0.15) is 18.3 Å². The van der Waals surface area contributed by atoms with Crippen molar-refractivity contribution in [3.8, 4) is 16.9 Å². The Kier molecular flexibility index (Phi) is 5.39. The van der Waals surface area contributed by atoms with Crippen LogP contribution in [0.4, 0.5) is 17.6 Å². The second kappa shape index (κ2) is 8.42. The van der Waals surface area contributed by atoms with Crippen LogP contribution in [-0.4, -0.2) is 21.6 Å². The van der Waals surface area contributed by atoms with Gasteiger partial charge in [-0.1, -0.05) is 0 Å². The lowest BCUT2D eigenvalue weighted by Gasteiger charge is -2.15. The van der Waals surface area contributed by atoms with Crippen molar-refractivity contribution >= 4 is 11.8 Å². The number of fused-ring (bicyclic) bond motifs is 3. The highest BCUT2D eigenvalue weighted by Crippen LogP contribution is 2.42. The van der Waals surface area contributed by atoms with Crippen molar-refractivity contribution < 1.29 is 31.6 Å². The lowest BCUT2D eigenvalue weighted by Crippen LogP contribution is -2.41. The number of aromatic nitrogens is 2. The van der Waals surface area contributed by atoms with Gasteiger partial charge in [0.25, 0.3) is 11.8 Å². The van der Waals surface area contributed by atoms with Crippen LogP contribution in [0.15, 0.2) is 65.3 Å². The van der Waals surface area contributed by atoms with Crippen LogP contribution in [0.1, 0.15) is 37.7 Å². The molecule has 2 amide bonds. The van der Waals surface area contributed by atoms with Crippen LogP contribution in [0.3, 0.4) is 0 Å². The Bertz CT molecular complexity index is 1420. The molecule has 2 N–H and O–H groups in total. The van der Waals surface area contributed by atoms with Gasteiger partial charge in [-0.3, -0.25) is 20.4 Å². The van der Waals surface area contributed by atoms with Crippen molar-refractivity contribution in [2.45, 2.75) is 19.0 Å². The fourth-order valence-corrected chi connectivity index (χ4v) is 3.98. The molecule has 5 rings (SSSR count). The molecule has 2 aromatic carbocycles. The van der Waals surface area contributed by atoms with Crippen molar-refractivity contribution in [3.63, 3.8) is 0 Å². The third kappa shape index (κ3) is 4.16. The number of hydrazine groups is 1. The minimum atomic E-state index is -4.63. The fourth-order valence-electron chi connectivity index (χ4n) is 3.98. The second-order valence-electron chi connectivity index (χ2n) is 7.80. The molecule has 0 unspecified atom stereocenters. The molecular formula is C24H16F4N4O3. The van der Waals surface area contributed by atoms with Crippen LogP contribution in [0.2, 0.25) is 0 Å². The zero-order valence-corrected chi connectivity index (χ0v) is 17.8. The maximum Gasteiger partial charge on any atom is 0.435 e. The van der Waals surface area contributed by atoms with E-state index in [1.807, 2.05) is 0 Å². The predicted molar refractivity (Wildman–Crippen MR) is 115 cm³/mol. The molecule has 0 aliphatic heterocycles. The van der Waals surface area contributed by atoms with Crippen molar-refractivity contribution in [2.75, 3.05) is 0 Å². The number of hydrogen-bond acceptors (Lipinski definition) is 4. The molecule has 11 heteroatoms. The summed E-state index contributed by atoms with van der Waals surface area (Å²) in [7, 11) is 0. The summed E-state index contributed by atoms with van der Waals surface area (Å²) in [5, 5.41) is 3.85. The van der Waals surface area contributed by atoms with Gasteiger partial charge in [0.05, 0.1) is 17.6 Å². The first-order chi connectivity index (χ1) is 16.7. The van der Waals surface area contributed by atoms with Crippen LogP contribution in [0, 0.1) is 5.82 Å². The Balaban J connectivity index is 1.38. The number of nitrogens with zero attached hydrogens (tertiary/aromatic N) is 2. The van der Waals surface area contributed by atoms with E-state index in [0.29, 0.717) is 29.1 Å². The summed E-state index contributed by atoms with van der Waals surface area (Å²) in [5.74, 6) is -1.22. The van der Waals surface area contributed by atoms with E-state index in [-0.39, 0.29) is 23.1 Å². The van der Waals surface area contributed by atoms with Crippen LogP contribution in [-0.2, 0) is 19.0 Å². The third-order valence-corrected chi connectivity index (χ3v) is 5.62. The molecule has 4 aromatic rings. The second-order valence-corrected chi connectivity index (χ2v) is 7.80. The number of rotatable bonds is 3. The third-order valence-electron chi connectivity index (χ3n) is 5.62. The van der Waals surface area contributed by atoms with E-state index in [0.717, 1.165) is 12.1 Å². The van der Waals surface area contributed by atoms with Gasteiger partial charge in [0.15, 0.2) is 5.69 Å². The summed E-state index contributed by atoms with van der Waals surface area (Å²) in [6, 6.07) is 12.1. The first kappa shape index (κ1) is 22.4. The van der Waals surface area contributed by atoms with E-state index in [1.165, 1.54) is 47.3 Å². The van der Waals surface area contributed by atoms with Gasteiger partial charge >= 0.3 is 6.18 Å². The van der Waals surface area contributed by atoms with E-state index in [9.17, 15) is 27.2 Å². The van der Waals surface area contributed by atoms with Gasteiger partial charge in [-0.25, -0.2) is 9.07 Å². The maximum atomic E-state index is 13.7. The molecule has 2 heterocycles. The molecule has 0 saturated heterocycles. The van der Waals surface area contributed by atoms with Crippen LogP contribution in [0.25, 0.3) is 16.9 Å². The number of benzene rings is 2. The number of aryl methyl sites for hydroxylation is 1. The number of nitrogens with one attached hydrogen (secondary N) is 2. The van der Waals surface area contributed by atoms with E-state index in [2.05, 4.69) is 16.0 Å². The maximum absolute atomic E-state index is 13.7. The zero-order valence-electron chi connectivity index (χ0n) is 17.8. The highest BCUT2D eigenvalue weighted by Gasteiger charge is 2.41. The Hall–Kier alpha value is -4.41. The van der Waals surface area contributed by atoms with Gasteiger partial charge in [-0.05, 0) is 61.0 Å². The molecule has 1 aliphatic rings. The summed E-state index contributed by atoms with van der Waals surface area (Å²) in [6.07, 6.45) is -2.72. The van der Waals surface area contributed by atoms with Gasteiger partial charge in [0, 0.05) is 28.7 Å². The standard InChI is InChI=1S/C24H16F4N4O3/c25-15-5-1-13(2-6-15)22(33)29-30-23(34)14-3-7-16(8-4-14)32-20-17-11-12-35-19(17)10-9-18(20)21(31-32)24(26,27)28/h1-8,11-12H,9-10H2,(H,29,33)(H,30,34). The van der Waals surface area contributed by atoms with Gasteiger partial charge in [0.2, 0.25) is 0 Å². The molecule has 2 aromatic heterocycles. The number of carbonyl (C=O) groups is 2. The Morgan fingerprint density at radius 1 is 0.886 bits per heavy atom. The van der Waals surface area contributed by atoms with Gasteiger partial charge < -0.3 is 4.42 Å². The number of amides is 2. The van der Waals surface area contributed by atoms with Crippen molar-refractivity contribution in [1.82, 2.24) is 20.6 Å². The SMILES string of the molecule is O=C(NNC(=O)c1ccc(-n2nc(C(F)(F)F)c3c2-c2ccoc2CC3)cc1)c1ccc(F)cc1. The highest BCUT2D eigenvalue weighted by molar-refractivity contribution is 5.99. The Morgan fingerprint density at radius 2 is 1.49 bits per heavy atom. The quantitative estimate of drug-likeness (QED) is 0.332. The minimum Gasteiger partial charge on any atom is -0.469 e. The van der Waals surface area contributed by atoms with Crippen molar-refractivity contribution in [1.29, 1.82) is 0 Å². The topological polar surface area (TPSA) is 89.2 Å².